The van der Waals surface area contributed by atoms with Crippen molar-refractivity contribution in [3.8, 4) is 5.88 Å². The summed E-state index contributed by atoms with van der Waals surface area (Å²) < 4.78 is 4.79. The number of hydrogen-bond donors (Lipinski definition) is 1. The Labute approximate surface area is 112 Å². The molecule has 0 saturated carbocycles. The van der Waals surface area contributed by atoms with E-state index in [0.29, 0.717) is 12.5 Å². The quantitative estimate of drug-likeness (QED) is 0.746. The number of carbonyl (C=O) groups is 1. The van der Waals surface area contributed by atoms with Crippen molar-refractivity contribution in [2.24, 2.45) is 0 Å². The monoisotopic (exact) mass is 268 g/mol. The number of likely N-dealkylation sites (N-methyl/N-ethyl adjacent to an activating group) is 2. The molecule has 0 aliphatic heterocycles. The fourth-order valence-electron chi connectivity index (χ4n) is 1.35. The second-order valence-electron chi connectivity index (χ2n) is 4.35. The molecule has 1 N–H and O–H groups in total. The Kier molecular flexibility index (Phi) is 5.50. The average molecular weight is 268 g/mol. The van der Waals surface area contributed by atoms with Crippen LogP contribution >= 0.6 is 0 Å². The molecule has 1 rings (SSSR count). The average Bonchev–Trinajstić information content (AvgIpc) is 2.35. The van der Waals surface area contributed by atoms with E-state index in [-0.39, 0.29) is 18.1 Å². The van der Waals surface area contributed by atoms with Gasteiger partial charge in [-0.1, -0.05) is 0 Å². The van der Waals surface area contributed by atoms with Gasteiger partial charge < -0.3 is 19.6 Å². The van der Waals surface area contributed by atoms with Crippen LogP contribution in [0.1, 0.15) is 17.3 Å². The van der Waals surface area contributed by atoms with Gasteiger partial charge in [0, 0.05) is 20.1 Å². The van der Waals surface area contributed by atoms with Crippen molar-refractivity contribution in [1.29, 1.82) is 0 Å². The predicted octanol–water partition coefficient (Wildman–Crippen LogP) is 0.357. The van der Waals surface area contributed by atoms with Crippen LogP contribution in [0.25, 0.3) is 0 Å². The van der Waals surface area contributed by atoms with E-state index in [4.69, 9.17) is 4.74 Å². The highest BCUT2D eigenvalue weighted by atomic mass is 16.5. The van der Waals surface area contributed by atoms with Crippen LogP contribution in [-0.2, 0) is 4.74 Å². The van der Waals surface area contributed by atoms with Gasteiger partial charge in [0.25, 0.3) is 0 Å². The number of hydrogen-bond acceptors (Lipinski definition) is 7. The number of aromatic nitrogens is 2. The minimum atomic E-state index is -0.623. The molecule has 0 aliphatic carbocycles. The molecule has 106 valence electrons. The van der Waals surface area contributed by atoms with Gasteiger partial charge in [-0.2, -0.15) is 4.98 Å². The molecule has 0 radical (unpaired) electrons. The number of carbonyl (C=O) groups excluding carboxylic acids is 1. The Morgan fingerprint density at radius 2 is 2.05 bits per heavy atom. The first kappa shape index (κ1) is 15.2. The second-order valence-corrected chi connectivity index (χ2v) is 4.35. The van der Waals surface area contributed by atoms with Gasteiger partial charge in [-0.15, -0.1) is 0 Å². The lowest BCUT2D eigenvalue weighted by Gasteiger charge is -2.19. The highest BCUT2D eigenvalue weighted by Crippen LogP contribution is 2.17. The third-order valence-corrected chi connectivity index (χ3v) is 2.48. The first-order chi connectivity index (χ1) is 8.95. The number of aromatic hydroxyl groups is 1. The minimum Gasteiger partial charge on any atom is -0.493 e. The molecule has 0 spiro atoms. The van der Waals surface area contributed by atoms with E-state index in [0.717, 1.165) is 6.54 Å². The van der Waals surface area contributed by atoms with E-state index in [1.54, 1.807) is 11.8 Å². The summed E-state index contributed by atoms with van der Waals surface area (Å²) in [7, 11) is 5.76. The van der Waals surface area contributed by atoms with Gasteiger partial charge in [-0.3, -0.25) is 0 Å². The maximum Gasteiger partial charge on any atom is 0.345 e. The molecule has 0 aliphatic rings. The normalized spacial score (nSPS) is 10.6. The third-order valence-electron chi connectivity index (χ3n) is 2.48. The number of esters is 1. The first-order valence-electron chi connectivity index (χ1n) is 6.04. The molecule has 0 fully saturated rings. The van der Waals surface area contributed by atoms with Gasteiger partial charge in [0.1, 0.15) is 5.56 Å². The lowest BCUT2D eigenvalue weighted by molar-refractivity contribution is 0.0521. The summed E-state index contributed by atoms with van der Waals surface area (Å²) in [5.41, 5.74) is -0.0217. The number of rotatable bonds is 6. The molecular formula is C12H20N4O3. The van der Waals surface area contributed by atoms with Gasteiger partial charge in [-0.05, 0) is 21.0 Å². The number of ether oxygens (including phenoxy) is 1. The summed E-state index contributed by atoms with van der Waals surface area (Å²) in [6, 6.07) is 0. The number of anilines is 1. The second kappa shape index (κ2) is 6.89. The van der Waals surface area contributed by atoms with Crippen LogP contribution < -0.4 is 4.90 Å². The van der Waals surface area contributed by atoms with E-state index >= 15 is 0 Å². The lowest BCUT2D eigenvalue weighted by atomic mass is 10.3. The molecule has 7 nitrogen and oxygen atoms in total. The fourth-order valence-corrected chi connectivity index (χ4v) is 1.35. The summed E-state index contributed by atoms with van der Waals surface area (Å²) in [4.78, 5) is 23.3. The zero-order chi connectivity index (χ0) is 14.4. The zero-order valence-electron chi connectivity index (χ0n) is 11.8. The molecular weight excluding hydrogens is 248 g/mol. The van der Waals surface area contributed by atoms with Crippen molar-refractivity contribution in [1.82, 2.24) is 14.9 Å². The molecule has 7 heteroatoms. The maximum atomic E-state index is 11.5. The summed E-state index contributed by atoms with van der Waals surface area (Å²) >= 11 is 0. The van der Waals surface area contributed by atoms with Crippen molar-refractivity contribution in [3.05, 3.63) is 11.8 Å². The predicted molar refractivity (Wildman–Crippen MR) is 71.5 cm³/mol. The molecule has 0 unspecified atom stereocenters. The third kappa shape index (κ3) is 4.36. The summed E-state index contributed by atoms with van der Waals surface area (Å²) in [5, 5.41) is 9.73. The zero-order valence-corrected chi connectivity index (χ0v) is 11.8. The highest BCUT2D eigenvalue weighted by Gasteiger charge is 2.16. The molecule has 0 aromatic carbocycles. The Bertz CT molecular complexity index is 437. The van der Waals surface area contributed by atoms with Gasteiger partial charge >= 0.3 is 5.97 Å². The molecule has 0 amide bonds. The Balaban J connectivity index is 2.78. The van der Waals surface area contributed by atoms with E-state index < -0.39 is 5.97 Å². The molecule has 0 atom stereocenters. The van der Waals surface area contributed by atoms with E-state index in [2.05, 4.69) is 9.97 Å². The fraction of sp³-hybridized carbons (Fsp3) is 0.583. The molecule has 0 saturated heterocycles. The van der Waals surface area contributed by atoms with Crippen LogP contribution in [0.4, 0.5) is 5.95 Å². The van der Waals surface area contributed by atoms with Crippen LogP contribution in [0.5, 0.6) is 5.88 Å². The van der Waals surface area contributed by atoms with Crippen molar-refractivity contribution < 1.29 is 14.6 Å². The van der Waals surface area contributed by atoms with Crippen molar-refractivity contribution in [2.75, 3.05) is 45.7 Å². The largest absolute Gasteiger partial charge is 0.493 e. The highest BCUT2D eigenvalue weighted by molar-refractivity contribution is 5.91. The summed E-state index contributed by atoms with van der Waals surface area (Å²) in [6.07, 6.45) is 1.28. The van der Waals surface area contributed by atoms with Gasteiger partial charge in [-0.25, -0.2) is 9.78 Å². The molecule has 1 aromatic rings. The Morgan fingerprint density at radius 1 is 1.37 bits per heavy atom. The summed E-state index contributed by atoms with van der Waals surface area (Å²) in [5.74, 6) is -0.616. The standard InChI is InChI=1S/C12H20N4O3/c1-5-19-11(18)9-8-13-12(14-10(9)17)16(4)7-6-15(2)3/h8H,5-7H2,1-4H3,(H,13,14,17). The van der Waals surface area contributed by atoms with Crippen molar-refractivity contribution in [2.45, 2.75) is 6.92 Å². The van der Waals surface area contributed by atoms with Crippen molar-refractivity contribution >= 4 is 11.9 Å². The summed E-state index contributed by atoms with van der Waals surface area (Å²) in [6.45, 7) is 3.48. The van der Waals surface area contributed by atoms with Crippen LogP contribution in [0.15, 0.2) is 6.20 Å². The number of nitrogens with zero attached hydrogens (tertiary/aromatic N) is 4. The van der Waals surface area contributed by atoms with Crippen LogP contribution in [0.2, 0.25) is 0 Å². The smallest absolute Gasteiger partial charge is 0.345 e. The molecule has 19 heavy (non-hydrogen) atoms. The molecule has 0 bridgehead atoms. The van der Waals surface area contributed by atoms with E-state index in [1.165, 1.54) is 6.20 Å². The first-order valence-corrected chi connectivity index (χ1v) is 6.04. The minimum absolute atomic E-state index is 0.0217. The van der Waals surface area contributed by atoms with Crippen molar-refractivity contribution in [3.63, 3.8) is 0 Å². The van der Waals surface area contributed by atoms with Crippen LogP contribution in [0, 0.1) is 0 Å². The Morgan fingerprint density at radius 3 is 2.58 bits per heavy atom. The van der Waals surface area contributed by atoms with Gasteiger partial charge in [0.15, 0.2) is 0 Å². The molecule has 1 heterocycles. The SMILES string of the molecule is CCOC(=O)c1cnc(N(C)CCN(C)C)nc1O. The molecule has 1 aromatic heterocycles. The van der Waals surface area contributed by atoms with Crippen LogP contribution in [0.3, 0.4) is 0 Å². The van der Waals surface area contributed by atoms with Crippen LogP contribution in [-0.4, -0.2) is 66.8 Å². The van der Waals surface area contributed by atoms with Gasteiger partial charge in [0.2, 0.25) is 11.8 Å². The topological polar surface area (TPSA) is 78.8 Å². The Hall–Kier alpha value is -1.89. The van der Waals surface area contributed by atoms with Gasteiger partial charge in [0.05, 0.1) is 12.8 Å². The van der Waals surface area contributed by atoms with E-state index in [1.807, 2.05) is 26.0 Å². The maximum absolute atomic E-state index is 11.5. The van der Waals surface area contributed by atoms with E-state index in [9.17, 15) is 9.90 Å². The lowest BCUT2D eigenvalue weighted by Crippen LogP contribution is -2.29.